The number of rotatable bonds is 5. The van der Waals surface area contributed by atoms with Crippen molar-refractivity contribution in [3.05, 3.63) is 63.1 Å². The summed E-state index contributed by atoms with van der Waals surface area (Å²) in [6.07, 6.45) is 0.858. The maximum absolute atomic E-state index is 12.3. The Labute approximate surface area is 138 Å². The van der Waals surface area contributed by atoms with Crippen molar-refractivity contribution >= 4 is 37.6 Å². The zero-order chi connectivity index (χ0) is 15.5. The van der Waals surface area contributed by atoms with Gasteiger partial charge in [-0.1, -0.05) is 58.7 Å². The van der Waals surface area contributed by atoms with Crippen molar-refractivity contribution in [2.45, 2.75) is 24.8 Å². The SMILES string of the molecule is CCc1ccccc1CNS(=O)(=O)c1ccc(Br)cc1Cl. The number of hydrogen-bond donors (Lipinski definition) is 1. The molecule has 6 heteroatoms. The van der Waals surface area contributed by atoms with Crippen LogP contribution in [-0.2, 0) is 23.0 Å². The Morgan fingerprint density at radius 3 is 2.43 bits per heavy atom. The molecule has 1 N–H and O–H groups in total. The van der Waals surface area contributed by atoms with Crippen LogP contribution >= 0.6 is 27.5 Å². The maximum atomic E-state index is 12.3. The summed E-state index contributed by atoms with van der Waals surface area (Å²) < 4.78 is 28.0. The molecule has 0 aliphatic carbocycles. The van der Waals surface area contributed by atoms with Crippen LogP contribution in [0.5, 0.6) is 0 Å². The molecule has 0 atom stereocenters. The second-order valence-electron chi connectivity index (χ2n) is 4.52. The van der Waals surface area contributed by atoms with Gasteiger partial charge < -0.3 is 0 Å². The quantitative estimate of drug-likeness (QED) is 0.836. The Morgan fingerprint density at radius 2 is 1.81 bits per heavy atom. The molecule has 0 saturated heterocycles. The molecule has 0 aliphatic rings. The van der Waals surface area contributed by atoms with Gasteiger partial charge in [0.15, 0.2) is 0 Å². The van der Waals surface area contributed by atoms with Crippen molar-refractivity contribution in [2.75, 3.05) is 0 Å². The lowest BCUT2D eigenvalue weighted by atomic mass is 10.1. The fraction of sp³-hybridized carbons (Fsp3) is 0.200. The van der Waals surface area contributed by atoms with E-state index < -0.39 is 10.0 Å². The standard InChI is InChI=1S/C15H15BrClNO2S/c1-2-11-5-3-4-6-12(11)10-18-21(19,20)15-8-7-13(16)9-14(15)17/h3-9,18H,2,10H2,1H3. The summed E-state index contributed by atoms with van der Waals surface area (Å²) in [6.45, 7) is 2.29. The smallest absolute Gasteiger partial charge is 0.207 e. The fourth-order valence-corrected chi connectivity index (χ4v) is 4.06. The Bertz CT molecular complexity index is 747. The van der Waals surface area contributed by atoms with Gasteiger partial charge >= 0.3 is 0 Å². The van der Waals surface area contributed by atoms with Crippen molar-refractivity contribution in [2.24, 2.45) is 0 Å². The first kappa shape index (κ1) is 16.5. The molecular weight excluding hydrogens is 374 g/mol. The molecule has 3 nitrogen and oxygen atoms in total. The van der Waals surface area contributed by atoms with Crippen molar-refractivity contribution < 1.29 is 8.42 Å². The lowest BCUT2D eigenvalue weighted by molar-refractivity contribution is 0.581. The lowest BCUT2D eigenvalue weighted by Gasteiger charge is -2.11. The van der Waals surface area contributed by atoms with Gasteiger partial charge in [0.25, 0.3) is 0 Å². The fourth-order valence-electron chi connectivity index (χ4n) is 2.02. The summed E-state index contributed by atoms with van der Waals surface area (Å²) >= 11 is 9.26. The van der Waals surface area contributed by atoms with E-state index in [9.17, 15) is 8.42 Å². The minimum absolute atomic E-state index is 0.0846. The van der Waals surface area contributed by atoms with Gasteiger partial charge in [0, 0.05) is 11.0 Å². The molecule has 0 radical (unpaired) electrons. The molecule has 2 aromatic rings. The number of hydrogen-bond acceptors (Lipinski definition) is 2. The van der Waals surface area contributed by atoms with Gasteiger partial charge in [0.2, 0.25) is 10.0 Å². The molecule has 0 amide bonds. The molecule has 0 saturated carbocycles. The first-order valence-corrected chi connectivity index (χ1v) is 9.11. The highest BCUT2D eigenvalue weighted by atomic mass is 79.9. The number of nitrogens with one attached hydrogen (secondary N) is 1. The number of sulfonamides is 1. The molecule has 0 aliphatic heterocycles. The van der Waals surface area contributed by atoms with Gasteiger partial charge in [-0.25, -0.2) is 13.1 Å². The van der Waals surface area contributed by atoms with Crippen LogP contribution in [0.1, 0.15) is 18.1 Å². The van der Waals surface area contributed by atoms with Crippen LogP contribution in [0, 0.1) is 0 Å². The Hall–Kier alpha value is -0.880. The van der Waals surface area contributed by atoms with Crippen LogP contribution in [-0.4, -0.2) is 8.42 Å². The zero-order valence-electron chi connectivity index (χ0n) is 11.4. The van der Waals surface area contributed by atoms with Gasteiger partial charge in [-0.15, -0.1) is 0 Å². The van der Waals surface area contributed by atoms with E-state index in [0.717, 1.165) is 22.0 Å². The summed E-state index contributed by atoms with van der Waals surface area (Å²) in [6, 6.07) is 12.5. The topological polar surface area (TPSA) is 46.2 Å². The predicted octanol–water partition coefficient (Wildman–Crippen LogP) is 4.14. The van der Waals surface area contributed by atoms with Crippen LogP contribution in [0.2, 0.25) is 5.02 Å². The summed E-state index contributed by atoms with van der Waals surface area (Å²) in [5, 5.41) is 0.195. The Balaban J connectivity index is 2.22. The highest BCUT2D eigenvalue weighted by Gasteiger charge is 2.18. The predicted molar refractivity (Wildman–Crippen MR) is 89.0 cm³/mol. The van der Waals surface area contributed by atoms with Gasteiger partial charge in [0.1, 0.15) is 4.90 Å². The van der Waals surface area contributed by atoms with E-state index in [0.29, 0.717) is 0 Å². The number of halogens is 2. The van der Waals surface area contributed by atoms with E-state index in [1.807, 2.05) is 31.2 Å². The zero-order valence-corrected chi connectivity index (χ0v) is 14.6. The van der Waals surface area contributed by atoms with E-state index in [1.165, 1.54) is 6.07 Å². The van der Waals surface area contributed by atoms with Crippen molar-refractivity contribution in [3.63, 3.8) is 0 Å². The molecule has 0 spiro atoms. The largest absolute Gasteiger partial charge is 0.242 e. The monoisotopic (exact) mass is 387 g/mol. The molecule has 112 valence electrons. The normalized spacial score (nSPS) is 11.6. The minimum Gasteiger partial charge on any atom is -0.207 e. The minimum atomic E-state index is -3.63. The van der Waals surface area contributed by atoms with Crippen LogP contribution in [0.4, 0.5) is 0 Å². The van der Waals surface area contributed by atoms with Gasteiger partial charge in [-0.3, -0.25) is 0 Å². The van der Waals surface area contributed by atoms with Gasteiger partial charge in [-0.2, -0.15) is 0 Å². The number of benzene rings is 2. The summed E-state index contributed by atoms with van der Waals surface area (Å²) in [4.78, 5) is 0.0846. The highest BCUT2D eigenvalue weighted by molar-refractivity contribution is 9.10. The summed E-state index contributed by atoms with van der Waals surface area (Å²) in [5.41, 5.74) is 2.10. The molecule has 0 unspecified atom stereocenters. The Kier molecular flexibility index (Phi) is 5.43. The molecule has 0 fully saturated rings. The van der Waals surface area contributed by atoms with E-state index in [-0.39, 0.29) is 16.5 Å². The van der Waals surface area contributed by atoms with Crippen molar-refractivity contribution in [1.82, 2.24) is 4.72 Å². The first-order valence-electron chi connectivity index (χ1n) is 6.45. The lowest BCUT2D eigenvalue weighted by Crippen LogP contribution is -2.24. The van der Waals surface area contributed by atoms with Crippen LogP contribution in [0.15, 0.2) is 51.8 Å². The van der Waals surface area contributed by atoms with E-state index in [4.69, 9.17) is 11.6 Å². The van der Waals surface area contributed by atoms with Crippen LogP contribution < -0.4 is 4.72 Å². The average Bonchev–Trinajstić information content (AvgIpc) is 2.45. The van der Waals surface area contributed by atoms with Crippen LogP contribution in [0.25, 0.3) is 0 Å². The van der Waals surface area contributed by atoms with Gasteiger partial charge in [-0.05, 0) is 35.7 Å². The second kappa shape index (κ2) is 6.92. The molecule has 0 aromatic heterocycles. The third kappa shape index (κ3) is 4.07. The number of aryl methyl sites for hydroxylation is 1. The average molecular weight is 389 g/mol. The highest BCUT2D eigenvalue weighted by Crippen LogP contribution is 2.25. The molecule has 2 aromatic carbocycles. The molecule has 0 heterocycles. The van der Waals surface area contributed by atoms with Crippen molar-refractivity contribution in [1.29, 1.82) is 0 Å². The van der Waals surface area contributed by atoms with Crippen molar-refractivity contribution in [3.8, 4) is 0 Å². The van der Waals surface area contributed by atoms with Gasteiger partial charge in [0.05, 0.1) is 5.02 Å². The molecule has 2 rings (SSSR count). The summed E-state index contributed by atoms with van der Waals surface area (Å²) in [7, 11) is -3.63. The maximum Gasteiger partial charge on any atom is 0.242 e. The summed E-state index contributed by atoms with van der Waals surface area (Å²) in [5.74, 6) is 0. The Morgan fingerprint density at radius 1 is 1.14 bits per heavy atom. The van der Waals surface area contributed by atoms with E-state index >= 15 is 0 Å². The third-order valence-corrected chi connectivity index (χ3v) is 5.51. The molecule has 21 heavy (non-hydrogen) atoms. The third-order valence-electron chi connectivity index (χ3n) is 3.14. The van der Waals surface area contributed by atoms with Crippen LogP contribution in [0.3, 0.4) is 0 Å². The molecular formula is C15H15BrClNO2S. The second-order valence-corrected chi connectivity index (χ2v) is 7.58. The first-order chi connectivity index (χ1) is 9.94. The van der Waals surface area contributed by atoms with E-state index in [1.54, 1.807) is 12.1 Å². The molecule has 0 bridgehead atoms. The van der Waals surface area contributed by atoms with E-state index in [2.05, 4.69) is 20.7 Å².